The third-order valence-electron chi connectivity index (χ3n) is 6.99. The SMILES string of the molecule is Cc1cc(-c2cc3nc(C4CCN(C(=O)OC(C)(C)C)CC4)nc(COCC[Si](C)(C)C)c3[nH]2)cn(C)c1=O. The maximum absolute atomic E-state index is 12.5. The molecule has 0 bridgehead atoms. The molecular weight excluding hydrogens is 510 g/mol. The van der Waals surface area contributed by atoms with Crippen LogP contribution in [0.15, 0.2) is 23.1 Å². The van der Waals surface area contributed by atoms with Crippen LogP contribution < -0.4 is 5.56 Å². The molecule has 0 aromatic carbocycles. The van der Waals surface area contributed by atoms with Gasteiger partial charge in [-0.3, -0.25) is 4.79 Å². The van der Waals surface area contributed by atoms with E-state index in [4.69, 9.17) is 19.4 Å². The van der Waals surface area contributed by atoms with E-state index < -0.39 is 13.7 Å². The fourth-order valence-electron chi connectivity index (χ4n) is 4.76. The topological polar surface area (TPSA) is 102 Å². The minimum atomic E-state index is -1.21. The van der Waals surface area contributed by atoms with Crippen molar-refractivity contribution in [2.45, 2.75) is 84.3 Å². The molecule has 4 heterocycles. The van der Waals surface area contributed by atoms with E-state index in [2.05, 4.69) is 24.6 Å². The van der Waals surface area contributed by atoms with Crippen molar-refractivity contribution in [1.29, 1.82) is 0 Å². The van der Waals surface area contributed by atoms with Gasteiger partial charge in [0.05, 0.1) is 23.3 Å². The molecule has 0 aliphatic carbocycles. The van der Waals surface area contributed by atoms with Gasteiger partial charge in [0.25, 0.3) is 5.56 Å². The third kappa shape index (κ3) is 7.36. The first-order chi connectivity index (χ1) is 18.2. The minimum absolute atomic E-state index is 0.00819. The number of fused-ring (bicyclic) bond motifs is 1. The molecule has 3 aromatic heterocycles. The summed E-state index contributed by atoms with van der Waals surface area (Å²) < 4.78 is 13.3. The Kier molecular flexibility index (Phi) is 8.37. The molecule has 4 rings (SSSR count). The van der Waals surface area contributed by atoms with Crippen molar-refractivity contribution in [3.63, 3.8) is 0 Å². The van der Waals surface area contributed by atoms with Crippen molar-refractivity contribution in [3.8, 4) is 11.3 Å². The summed E-state index contributed by atoms with van der Waals surface area (Å²) in [5.41, 5.74) is 4.51. The van der Waals surface area contributed by atoms with Gasteiger partial charge >= 0.3 is 6.09 Å². The van der Waals surface area contributed by atoms with Crippen molar-refractivity contribution in [1.82, 2.24) is 24.4 Å². The number of amides is 1. The number of carbonyl (C=O) groups excluding carboxylic acids is 1. The summed E-state index contributed by atoms with van der Waals surface area (Å²) in [4.78, 5) is 40.0. The van der Waals surface area contributed by atoms with Crippen molar-refractivity contribution < 1.29 is 14.3 Å². The monoisotopic (exact) mass is 553 g/mol. The Morgan fingerprint density at radius 3 is 2.46 bits per heavy atom. The van der Waals surface area contributed by atoms with Crippen LogP contribution in [0, 0.1) is 6.92 Å². The number of aromatic amines is 1. The highest BCUT2D eigenvalue weighted by Crippen LogP contribution is 2.31. The molecule has 9 nitrogen and oxygen atoms in total. The number of nitrogens with one attached hydrogen (secondary N) is 1. The number of rotatable bonds is 7. The summed E-state index contributed by atoms with van der Waals surface area (Å²) in [5, 5.41) is 0. The molecule has 0 spiro atoms. The number of likely N-dealkylation sites (tertiary alicyclic amines) is 1. The number of hydrogen-bond acceptors (Lipinski definition) is 6. The number of nitrogens with zero attached hydrogens (tertiary/aromatic N) is 4. The van der Waals surface area contributed by atoms with E-state index in [0.29, 0.717) is 31.9 Å². The van der Waals surface area contributed by atoms with Crippen LogP contribution >= 0.6 is 0 Å². The minimum Gasteiger partial charge on any atom is -0.444 e. The Bertz CT molecular complexity index is 1370. The molecule has 1 saturated heterocycles. The zero-order valence-corrected chi connectivity index (χ0v) is 25.7. The number of aromatic nitrogens is 4. The first kappa shape index (κ1) is 29.0. The molecule has 1 fully saturated rings. The molecule has 10 heteroatoms. The highest BCUT2D eigenvalue weighted by Gasteiger charge is 2.29. The predicted molar refractivity (Wildman–Crippen MR) is 157 cm³/mol. The summed E-state index contributed by atoms with van der Waals surface area (Å²) in [6, 6.07) is 5.02. The number of H-pyrrole nitrogens is 1. The average Bonchev–Trinajstić information content (AvgIpc) is 3.28. The van der Waals surface area contributed by atoms with Crippen LogP contribution in [0.1, 0.15) is 56.6 Å². The molecule has 1 amide bonds. The first-order valence-electron chi connectivity index (χ1n) is 13.8. The molecule has 1 aliphatic rings. The smallest absolute Gasteiger partial charge is 0.410 e. The quantitative estimate of drug-likeness (QED) is 0.302. The fourth-order valence-corrected chi connectivity index (χ4v) is 5.51. The van der Waals surface area contributed by atoms with Crippen LogP contribution in [-0.2, 0) is 23.1 Å². The van der Waals surface area contributed by atoms with Crippen LogP contribution in [-0.4, -0.2) is 63.9 Å². The Morgan fingerprint density at radius 1 is 1.15 bits per heavy atom. The van der Waals surface area contributed by atoms with Crippen molar-refractivity contribution in [2.75, 3.05) is 19.7 Å². The van der Waals surface area contributed by atoms with Crippen LogP contribution in [0.3, 0.4) is 0 Å². The van der Waals surface area contributed by atoms with Gasteiger partial charge < -0.3 is 23.9 Å². The number of ether oxygens (including phenoxy) is 2. The largest absolute Gasteiger partial charge is 0.444 e. The molecular formula is C29H43N5O4Si. The number of aryl methyl sites for hydroxylation is 2. The lowest BCUT2D eigenvalue weighted by molar-refractivity contribution is 0.0203. The second kappa shape index (κ2) is 11.2. The third-order valence-corrected chi connectivity index (χ3v) is 8.69. The van der Waals surface area contributed by atoms with Gasteiger partial charge in [0, 0.05) is 63.8 Å². The first-order valence-corrected chi connectivity index (χ1v) is 17.5. The summed E-state index contributed by atoms with van der Waals surface area (Å²) in [5.74, 6) is 0.935. The summed E-state index contributed by atoms with van der Waals surface area (Å²) in [7, 11) is 0.556. The van der Waals surface area contributed by atoms with Gasteiger partial charge in [-0.05, 0) is 58.7 Å². The highest BCUT2D eigenvalue weighted by atomic mass is 28.3. The Labute approximate surface area is 232 Å². The molecule has 212 valence electrons. The van der Waals surface area contributed by atoms with E-state index in [1.165, 1.54) is 0 Å². The zero-order chi connectivity index (χ0) is 28.5. The number of pyridine rings is 1. The Hall–Kier alpha value is -2.98. The van der Waals surface area contributed by atoms with E-state index in [9.17, 15) is 9.59 Å². The van der Waals surface area contributed by atoms with Gasteiger partial charge in [0.2, 0.25) is 0 Å². The van der Waals surface area contributed by atoms with Gasteiger partial charge in [0.15, 0.2) is 0 Å². The predicted octanol–water partition coefficient (Wildman–Crippen LogP) is 5.60. The van der Waals surface area contributed by atoms with Crippen LogP contribution in [0.2, 0.25) is 25.7 Å². The summed E-state index contributed by atoms with van der Waals surface area (Å²) in [6.07, 6.45) is 3.12. The van der Waals surface area contributed by atoms with Gasteiger partial charge in [-0.25, -0.2) is 14.8 Å². The summed E-state index contributed by atoms with van der Waals surface area (Å²) in [6.45, 7) is 16.8. The van der Waals surface area contributed by atoms with Crippen LogP contribution in [0.4, 0.5) is 4.79 Å². The Balaban J connectivity index is 1.61. The lowest BCUT2D eigenvalue weighted by atomic mass is 9.96. The van der Waals surface area contributed by atoms with E-state index in [-0.39, 0.29) is 17.6 Å². The van der Waals surface area contributed by atoms with Gasteiger partial charge in [0.1, 0.15) is 11.4 Å². The standard InChI is InChI=1S/C29H43N5O4Si/c1-19-15-21(17-33(5)27(19)35)22-16-23-25(30-22)24(18-37-13-14-39(6,7)8)32-26(31-23)20-9-11-34(12-10-20)28(36)38-29(2,3)4/h15-17,20,30H,9-14,18H2,1-8H3. The Morgan fingerprint density at radius 2 is 1.85 bits per heavy atom. The molecule has 0 atom stereocenters. The van der Waals surface area contributed by atoms with Gasteiger partial charge in [-0.1, -0.05) is 19.6 Å². The van der Waals surface area contributed by atoms with Crippen molar-refractivity contribution in [2.24, 2.45) is 7.05 Å². The summed E-state index contributed by atoms with van der Waals surface area (Å²) >= 11 is 0. The van der Waals surface area contributed by atoms with E-state index >= 15 is 0 Å². The van der Waals surface area contributed by atoms with E-state index in [1.54, 1.807) is 16.5 Å². The molecule has 0 saturated carbocycles. The molecule has 1 aliphatic heterocycles. The molecule has 39 heavy (non-hydrogen) atoms. The molecule has 1 N–H and O–H groups in total. The van der Waals surface area contributed by atoms with E-state index in [1.807, 2.05) is 46.0 Å². The molecule has 0 radical (unpaired) electrons. The number of hydrogen-bond donors (Lipinski definition) is 1. The maximum Gasteiger partial charge on any atom is 0.410 e. The van der Waals surface area contributed by atoms with Crippen LogP contribution in [0.25, 0.3) is 22.3 Å². The van der Waals surface area contributed by atoms with Crippen molar-refractivity contribution in [3.05, 3.63) is 45.8 Å². The van der Waals surface area contributed by atoms with Crippen LogP contribution in [0.5, 0.6) is 0 Å². The second-order valence-electron chi connectivity index (χ2n) is 12.9. The average molecular weight is 554 g/mol. The maximum atomic E-state index is 12.5. The highest BCUT2D eigenvalue weighted by molar-refractivity contribution is 6.76. The number of piperidine rings is 1. The van der Waals surface area contributed by atoms with Crippen molar-refractivity contribution >= 4 is 25.2 Å². The lowest BCUT2D eigenvalue weighted by Gasteiger charge is -2.33. The molecule has 0 unspecified atom stereocenters. The van der Waals surface area contributed by atoms with E-state index in [0.717, 1.165) is 52.7 Å². The molecule has 3 aromatic rings. The number of carbonyl (C=O) groups is 1. The second-order valence-corrected chi connectivity index (χ2v) is 18.5. The zero-order valence-electron chi connectivity index (χ0n) is 24.7. The van der Waals surface area contributed by atoms with Gasteiger partial charge in [-0.15, -0.1) is 0 Å². The van der Waals surface area contributed by atoms with Gasteiger partial charge in [-0.2, -0.15) is 0 Å². The fraction of sp³-hybridized carbons (Fsp3) is 0.586. The lowest BCUT2D eigenvalue weighted by Crippen LogP contribution is -2.41. The normalized spacial score (nSPS) is 15.2.